The van der Waals surface area contributed by atoms with Crippen LogP contribution in [-0.2, 0) is 14.3 Å². The number of amides is 3. The molecule has 1 saturated carbocycles. The van der Waals surface area contributed by atoms with E-state index in [-0.39, 0.29) is 48.3 Å². The molecular formula is C26H40N4O5. The second kappa shape index (κ2) is 11.9. The van der Waals surface area contributed by atoms with Gasteiger partial charge >= 0.3 is 0 Å². The molecule has 0 unspecified atom stereocenters. The standard InChI is InChI=1S/C26H40N4O5/c1-17-13-30(24(31)15-28(3)4)18(2)16-35-22-11-10-20(27-25(32)19-8-7-9-19)12-21(22)26(33)29(5)14-23(17)34-6/h10-12,17-19,23H,7-9,13-16H2,1-6H3,(H,27,32)/t17-,18-,23-/m0/s1. The molecule has 194 valence electrons. The van der Waals surface area contributed by atoms with Crippen LogP contribution in [0.2, 0.25) is 0 Å². The molecule has 35 heavy (non-hydrogen) atoms. The highest BCUT2D eigenvalue weighted by atomic mass is 16.5. The van der Waals surface area contributed by atoms with Crippen molar-refractivity contribution in [1.82, 2.24) is 14.7 Å². The first kappa shape index (κ1) is 26.9. The van der Waals surface area contributed by atoms with E-state index in [1.807, 2.05) is 37.7 Å². The number of carbonyl (C=O) groups is 3. The average molecular weight is 489 g/mol. The van der Waals surface area contributed by atoms with Gasteiger partial charge in [0, 0.05) is 44.8 Å². The van der Waals surface area contributed by atoms with Gasteiger partial charge in [-0.1, -0.05) is 13.3 Å². The largest absolute Gasteiger partial charge is 0.491 e. The van der Waals surface area contributed by atoms with Crippen LogP contribution in [0.5, 0.6) is 5.75 Å². The third kappa shape index (κ3) is 6.73. The van der Waals surface area contributed by atoms with Crippen LogP contribution >= 0.6 is 0 Å². The molecule has 0 aromatic heterocycles. The van der Waals surface area contributed by atoms with E-state index in [0.29, 0.717) is 36.6 Å². The molecule has 1 aliphatic heterocycles. The smallest absolute Gasteiger partial charge is 0.257 e. The molecule has 1 aromatic carbocycles. The highest BCUT2D eigenvalue weighted by Gasteiger charge is 2.31. The zero-order valence-corrected chi connectivity index (χ0v) is 21.9. The van der Waals surface area contributed by atoms with Crippen LogP contribution in [-0.4, -0.2) is 99.1 Å². The van der Waals surface area contributed by atoms with Crippen molar-refractivity contribution in [2.24, 2.45) is 11.8 Å². The lowest BCUT2D eigenvalue weighted by molar-refractivity contribution is -0.136. The maximum atomic E-state index is 13.4. The number of nitrogens with zero attached hydrogens (tertiary/aromatic N) is 3. The topological polar surface area (TPSA) is 91.4 Å². The second-order valence-corrected chi connectivity index (χ2v) is 10.2. The monoisotopic (exact) mass is 488 g/mol. The van der Waals surface area contributed by atoms with Crippen LogP contribution in [0.4, 0.5) is 5.69 Å². The van der Waals surface area contributed by atoms with E-state index >= 15 is 0 Å². The Labute approximate surface area is 208 Å². The number of hydrogen-bond donors (Lipinski definition) is 1. The fourth-order valence-electron chi connectivity index (χ4n) is 4.48. The molecule has 1 heterocycles. The molecule has 3 amide bonds. The number of anilines is 1. The summed E-state index contributed by atoms with van der Waals surface area (Å²) in [6.45, 7) is 5.38. The number of rotatable bonds is 5. The van der Waals surface area contributed by atoms with Gasteiger partial charge in [0.1, 0.15) is 12.4 Å². The summed E-state index contributed by atoms with van der Waals surface area (Å²) < 4.78 is 11.9. The van der Waals surface area contributed by atoms with Gasteiger partial charge in [-0.05, 0) is 52.1 Å². The maximum absolute atomic E-state index is 13.4. The first-order chi connectivity index (χ1) is 16.6. The van der Waals surface area contributed by atoms with Crippen molar-refractivity contribution in [2.45, 2.75) is 45.3 Å². The minimum Gasteiger partial charge on any atom is -0.491 e. The maximum Gasteiger partial charge on any atom is 0.257 e. The summed E-state index contributed by atoms with van der Waals surface area (Å²) >= 11 is 0. The highest BCUT2D eigenvalue weighted by Crippen LogP contribution is 2.30. The van der Waals surface area contributed by atoms with Crippen LogP contribution in [0.15, 0.2) is 18.2 Å². The molecule has 0 radical (unpaired) electrons. The Morgan fingerprint density at radius 1 is 1.20 bits per heavy atom. The quantitative estimate of drug-likeness (QED) is 0.684. The fraction of sp³-hybridized carbons (Fsp3) is 0.654. The van der Waals surface area contributed by atoms with E-state index in [0.717, 1.165) is 19.3 Å². The zero-order chi connectivity index (χ0) is 25.7. The van der Waals surface area contributed by atoms with Gasteiger partial charge in [0.25, 0.3) is 5.91 Å². The van der Waals surface area contributed by atoms with Gasteiger partial charge in [-0.3, -0.25) is 14.4 Å². The Bertz CT molecular complexity index is 917. The molecule has 0 bridgehead atoms. The van der Waals surface area contributed by atoms with Crippen molar-refractivity contribution >= 4 is 23.4 Å². The third-order valence-corrected chi connectivity index (χ3v) is 6.96. The number of fused-ring (bicyclic) bond motifs is 1. The minimum absolute atomic E-state index is 0.00388. The van der Waals surface area contributed by atoms with Gasteiger partial charge in [-0.25, -0.2) is 0 Å². The molecule has 0 saturated heterocycles. The van der Waals surface area contributed by atoms with E-state index in [2.05, 4.69) is 5.32 Å². The molecule has 1 fully saturated rings. The predicted molar refractivity (Wildman–Crippen MR) is 135 cm³/mol. The summed E-state index contributed by atoms with van der Waals surface area (Å²) in [6, 6.07) is 4.95. The fourth-order valence-corrected chi connectivity index (χ4v) is 4.48. The number of ether oxygens (including phenoxy) is 2. The summed E-state index contributed by atoms with van der Waals surface area (Å²) in [5.74, 6) is 0.268. The number of benzene rings is 1. The average Bonchev–Trinajstić information content (AvgIpc) is 2.76. The van der Waals surface area contributed by atoms with Crippen LogP contribution in [0.3, 0.4) is 0 Å². The van der Waals surface area contributed by atoms with Crippen molar-refractivity contribution < 1.29 is 23.9 Å². The Hall–Kier alpha value is -2.65. The molecule has 3 atom stereocenters. The van der Waals surface area contributed by atoms with E-state index < -0.39 is 0 Å². The van der Waals surface area contributed by atoms with Gasteiger partial charge in [0.05, 0.1) is 24.3 Å². The number of likely N-dealkylation sites (N-methyl/N-ethyl adjacent to an activating group) is 2. The highest BCUT2D eigenvalue weighted by molar-refractivity contribution is 6.00. The summed E-state index contributed by atoms with van der Waals surface area (Å²) in [4.78, 5) is 44.3. The van der Waals surface area contributed by atoms with E-state index in [9.17, 15) is 14.4 Å². The van der Waals surface area contributed by atoms with Gasteiger partial charge < -0.3 is 29.5 Å². The summed E-state index contributed by atoms with van der Waals surface area (Å²) in [5, 5.41) is 2.94. The Kier molecular flexibility index (Phi) is 9.13. The lowest BCUT2D eigenvalue weighted by Crippen LogP contribution is -2.50. The normalized spacial score (nSPS) is 24.1. The van der Waals surface area contributed by atoms with Crippen LogP contribution in [0.1, 0.15) is 43.5 Å². The first-order valence-corrected chi connectivity index (χ1v) is 12.4. The molecule has 1 aliphatic carbocycles. The molecular weight excluding hydrogens is 448 g/mol. The van der Waals surface area contributed by atoms with Gasteiger partial charge in [0.15, 0.2) is 0 Å². The minimum atomic E-state index is -0.254. The van der Waals surface area contributed by atoms with Crippen molar-refractivity contribution in [3.05, 3.63) is 23.8 Å². The molecule has 1 N–H and O–H groups in total. The molecule has 1 aromatic rings. The SMILES string of the molecule is CO[C@H]1CN(C)C(=O)c2cc(NC(=O)C3CCC3)ccc2OC[C@H](C)N(C(=O)CN(C)C)C[C@@H]1C. The molecule has 3 rings (SSSR count). The molecule has 2 aliphatic rings. The lowest BCUT2D eigenvalue weighted by Gasteiger charge is -2.36. The van der Waals surface area contributed by atoms with Crippen LogP contribution in [0.25, 0.3) is 0 Å². The van der Waals surface area contributed by atoms with Gasteiger partial charge in [0.2, 0.25) is 11.8 Å². The van der Waals surface area contributed by atoms with Crippen molar-refractivity contribution in [3.8, 4) is 5.75 Å². The van der Waals surface area contributed by atoms with Crippen LogP contribution < -0.4 is 10.1 Å². The summed E-state index contributed by atoms with van der Waals surface area (Å²) in [6.07, 6.45) is 2.62. The van der Waals surface area contributed by atoms with Crippen molar-refractivity contribution in [1.29, 1.82) is 0 Å². The van der Waals surface area contributed by atoms with E-state index in [1.54, 1.807) is 37.3 Å². The van der Waals surface area contributed by atoms with Crippen LogP contribution in [0, 0.1) is 11.8 Å². The predicted octanol–water partition coefficient (Wildman–Crippen LogP) is 2.32. The van der Waals surface area contributed by atoms with E-state index in [1.165, 1.54) is 0 Å². The summed E-state index contributed by atoms with van der Waals surface area (Å²) in [5.41, 5.74) is 0.950. The Morgan fingerprint density at radius 2 is 1.91 bits per heavy atom. The molecule has 9 nitrogen and oxygen atoms in total. The lowest BCUT2D eigenvalue weighted by atomic mass is 9.85. The van der Waals surface area contributed by atoms with Gasteiger partial charge in [-0.2, -0.15) is 0 Å². The number of carbonyl (C=O) groups excluding carboxylic acids is 3. The zero-order valence-electron chi connectivity index (χ0n) is 21.9. The number of methoxy groups -OCH3 is 1. The third-order valence-electron chi connectivity index (χ3n) is 6.96. The number of nitrogens with one attached hydrogen (secondary N) is 1. The first-order valence-electron chi connectivity index (χ1n) is 12.4. The summed E-state index contributed by atoms with van der Waals surface area (Å²) in [7, 11) is 7.10. The van der Waals surface area contributed by atoms with E-state index in [4.69, 9.17) is 9.47 Å². The van der Waals surface area contributed by atoms with Crippen molar-refractivity contribution in [2.75, 3.05) is 59.8 Å². The molecule has 0 spiro atoms. The van der Waals surface area contributed by atoms with Crippen molar-refractivity contribution in [3.63, 3.8) is 0 Å². The second-order valence-electron chi connectivity index (χ2n) is 10.2. The number of hydrogen-bond acceptors (Lipinski definition) is 6. The Morgan fingerprint density at radius 3 is 2.51 bits per heavy atom. The van der Waals surface area contributed by atoms with Gasteiger partial charge in [-0.15, -0.1) is 0 Å². The molecule has 9 heteroatoms. The Balaban J connectivity index is 1.91.